The van der Waals surface area contributed by atoms with E-state index < -0.39 is 0 Å². The number of hydrogen-bond acceptors (Lipinski definition) is 4. The van der Waals surface area contributed by atoms with Crippen molar-refractivity contribution in [2.75, 3.05) is 12.8 Å². The fourth-order valence-electron chi connectivity index (χ4n) is 2.11. The first-order chi connectivity index (χ1) is 9.17. The van der Waals surface area contributed by atoms with Crippen molar-refractivity contribution in [2.24, 2.45) is 7.05 Å². The van der Waals surface area contributed by atoms with Crippen molar-refractivity contribution < 1.29 is 4.74 Å². The van der Waals surface area contributed by atoms with Crippen LogP contribution in [-0.4, -0.2) is 26.4 Å². The minimum Gasteiger partial charge on any atom is -0.497 e. The third-order valence-electron chi connectivity index (χ3n) is 3.14. The second-order valence-corrected chi connectivity index (χ2v) is 4.41. The Hall–Kier alpha value is -2.50. The summed E-state index contributed by atoms with van der Waals surface area (Å²) >= 11 is 0. The van der Waals surface area contributed by atoms with Crippen LogP contribution in [0.25, 0.3) is 11.0 Å². The Kier molecular flexibility index (Phi) is 2.63. The van der Waals surface area contributed by atoms with Crippen LogP contribution in [0.1, 0.15) is 5.82 Å². The molecule has 0 amide bonds. The molecule has 0 aliphatic rings. The van der Waals surface area contributed by atoms with Crippen LogP contribution in [0.3, 0.4) is 0 Å². The van der Waals surface area contributed by atoms with Crippen LogP contribution in [-0.2, 0) is 13.6 Å². The first kappa shape index (κ1) is 11.6. The van der Waals surface area contributed by atoms with E-state index >= 15 is 0 Å². The number of benzene rings is 1. The standard InChI is InChI=1S/C13H15N5O/c1-17-12-4-3-10(19-2)5-11(12)16-13(17)8-18-7-9(14)6-15-18/h3-7H,8,14H2,1-2H3. The Balaban J connectivity index is 2.01. The summed E-state index contributed by atoms with van der Waals surface area (Å²) in [6.07, 6.45) is 3.42. The van der Waals surface area contributed by atoms with Gasteiger partial charge in [0, 0.05) is 19.3 Å². The number of imidazole rings is 1. The van der Waals surface area contributed by atoms with Crippen LogP contribution in [0, 0.1) is 0 Å². The van der Waals surface area contributed by atoms with Gasteiger partial charge in [-0.15, -0.1) is 0 Å². The summed E-state index contributed by atoms with van der Waals surface area (Å²) in [6, 6.07) is 5.86. The highest BCUT2D eigenvalue weighted by atomic mass is 16.5. The molecule has 3 rings (SSSR count). The van der Waals surface area contributed by atoms with E-state index in [2.05, 4.69) is 10.1 Å². The second-order valence-electron chi connectivity index (χ2n) is 4.41. The summed E-state index contributed by atoms with van der Waals surface area (Å²) < 4.78 is 9.03. The van der Waals surface area contributed by atoms with E-state index in [4.69, 9.17) is 10.5 Å². The zero-order valence-electron chi connectivity index (χ0n) is 10.9. The first-order valence-electron chi connectivity index (χ1n) is 5.94. The van der Waals surface area contributed by atoms with Gasteiger partial charge in [-0.3, -0.25) is 4.68 Å². The Morgan fingerprint density at radius 2 is 2.21 bits per heavy atom. The van der Waals surface area contributed by atoms with Gasteiger partial charge in [0.05, 0.1) is 36.6 Å². The molecule has 19 heavy (non-hydrogen) atoms. The number of aryl methyl sites for hydroxylation is 1. The number of nitrogen functional groups attached to an aromatic ring is 1. The molecule has 0 spiro atoms. The summed E-state index contributed by atoms with van der Waals surface area (Å²) in [5.41, 5.74) is 8.29. The molecule has 0 fully saturated rings. The first-order valence-corrected chi connectivity index (χ1v) is 5.94. The molecule has 1 aromatic carbocycles. The molecular formula is C13H15N5O. The van der Waals surface area contributed by atoms with E-state index in [1.807, 2.05) is 29.8 Å². The van der Waals surface area contributed by atoms with Crippen molar-refractivity contribution in [1.29, 1.82) is 0 Å². The van der Waals surface area contributed by atoms with Gasteiger partial charge in [0.2, 0.25) is 0 Å². The van der Waals surface area contributed by atoms with Crippen molar-refractivity contribution >= 4 is 16.7 Å². The minimum atomic E-state index is 0.588. The van der Waals surface area contributed by atoms with Crippen molar-refractivity contribution in [3.8, 4) is 5.75 Å². The van der Waals surface area contributed by atoms with E-state index in [9.17, 15) is 0 Å². The Bertz CT molecular complexity index is 728. The number of ether oxygens (including phenoxy) is 1. The normalized spacial score (nSPS) is 11.1. The predicted octanol–water partition coefficient (Wildman–Crippen LogP) is 1.41. The molecule has 0 saturated heterocycles. The highest BCUT2D eigenvalue weighted by Gasteiger charge is 2.09. The topological polar surface area (TPSA) is 70.9 Å². The maximum atomic E-state index is 5.66. The highest BCUT2D eigenvalue weighted by Crippen LogP contribution is 2.21. The number of nitrogens with two attached hydrogens (primary N) is 1. The van der Waals surface area contributed by atoms with Crippen LogP contribution in [0.15, 0.2) is 30.6 Å². The number of aromatic nitrogens is 4. The summed E-state index contributed by atoms with van der Waals surface area (Å²) in [5.74, 6) is 1.73. The lowest BCUT2D eigenvalue weighted by atomic mass is 10.3. The molecule has 0 aliphatic carbocycles. The van der Waals surface area contributed by atoms with Gasteiger partial charge in [0.1, 0.15) is 11.6 Å². The van der Waals surface area contributed by atoms with Gasteiger partial charge < -0.3 is 15.0 Å². The van der Waals surface area contributed by atoms with E-state index in [1.165, 1.54) is 0 Å². The number of anilines is 1. The zero-order chi connectivity index (χ0) is 13.4. The van der Waals surface area contributed by atoms with Gasteiger partial charge in [0.25, 0.3) is 0 Å². The van der Waals surface area contributed by atoms with E-state index in [-0.39, 0.29) is 0 Å². The predicted molar refractivity (Wildman–Crippen MR) is 73.0 cm³/mol. The van der Waals surface area contributed by atoms with E-state index in [0.717, 1.165) is 22.6 Å². The third kappa shape index (κ3) is 2.01. The Morgan fingerprint density at radius 1 is 1.37 bits per heavy atom. The van der Waals surface area contributed by atoms with E-state index in [1.54, 1.807) is 24.2 Å². The smallest absolute Gasteiger partial charge is 0.131 e. The summed E-state index contributed by atoms with van der Waals surface area (Å²) in [5, 5.41) is 4.17. The van der Waals surface area contributed by atoms with Crippen molar-refractivity contribution in [3.63, 3.8) is 0 Å². The molecule has 0 saturated carbocycles. The molecule has 0 unspecified atom stereocenters. The molecular weight excluding hydrogens is 242 g/mol. The van der Waals surface area contributed by atoms with Gasteiger partial charge in [-0.1, -0.05) is 0 Å². The molecule has 0 radical (unpaired) electrons. The van der Waals surface area contributed by atoms with Gasteiger partial charge in [-0.05, 0) is 12.1 Å². The number of hydrogen-bond donors (Lipinski definition) is 1. The van der Waals surface area contributed by atoms with Crippen molar-refractivity contribution in [2.45, 2.75) is 6.54 Å². The summed E-state index contributed by atoms with van der Waals surface area (Å²) in [6.45, 7) is 0.588. The number of methoxy groups -OCH3 is 1. The highest BCUT2D eigenvalue weighted by molar-refractivity contribution is 5.77. The average Bonchev–Trinajstić information content (AvgIpc) is 2.95. The molecule has 6 heteroatoms. The van der Waals surface area contributed by atoms with Gasteiger partial charge >= 0.3 is 0 Å². The number of nitrogens with zero attached hydrogens (tertiary/aromatic N) is 4. The third-order valence-corrected chi connectivity index (χ3v) is 3.14. The molecule has 2 N–H and O–H groups in total. The minimum absolute atomic E-state index is 0.588. The summed E-state index contributed by atoms with van der Waals surface area (Å²) in [4.78, 5) is 4.61. The van der Waals surface area contributed by atoms with E-state index in [0.29, 0.717) is 12.2 Å². The molecule has 0 aliphatic heterocycles. The molecule has 3 aromatic rings. The maximum Gasteiger partial charge on any atom is 0.131 e. The second kappa shape index (κ2) is 4.31. The lowest BCUT2D eigenvalue weighted by molar-refractivity contribution is 0.415. The monoisotopic (exact) mass is 257 g/mol. The Morgan fingerprint density at radius 3 is 2.89 bits per heavy atom. The fraction of sp³-hybridized carbons (Fsp3) is 0.231. The summed E-state index contributed by atoms with van der Waals surface area (Å²) in [7, 11) is 3.64. The van der Waals surface area contributed by atoms with Gasteiger partial charge in [0.15, 0.2) is 0 Å². The quantitative estimate of drug-likeness (QED) is 0.770. The lowest BCUT2D eigenvalue weighted by Gasteiger charge is -2.02. The van der Waals surface area contributed by atoms with Gasteiger partial charge in [-0.2, -0.15) is 5.10 Å². The molecule has 98 valence electrons. The molecule has 2 heterocycles. The average molecular weight is 257 g/mol. The van der Waals surface area contributed by atoms with Crippen molar-refractivity contribution in [3.05, 3.63) is 36.4 Å². The molecule has 0 bridgehead atoms. The van der Waals surface area contributed by atoms with Crippen molar-refractivity contribution in [1.82, 2.24) is 19.3 Å². The maximum absolute atomic E-state index is 5.66. The van der Waals surface area contributed by atoms with Crippen LogP contribution in [0.5, 0.6) is 5.75 Å². The zero-order valence-corrected chi connectivity index (χ0v) is 10.9. The number of fused-ring (bicyclic) bond motifs is 1. The molecule has 2 aromatic heterocycles. The molecule has 6 nitrogen and oxygen atoms in total. The van der Waals surface area contributed by atoms with Crippen LogP contribution in [0.4, 0.5) is 5.69 Å². The lowest BCUT2D eigenvalue weighted by Crippen LogP contribution is -2.06. The molecule has 0 atom stereocenters. The SMILES string of the molecule is COc1ccc2c(c1)nc(Cn1cc(N)cn1)n2C. The van der Waals surface area contributed by atoms with Crippen LogP contribution in [0.2, 0.25) is 0 Å². The van der Waals surface area contributed by atoms with Crippen LogP contribution < -0.4 is 10.5 Å². The largest absolute Gasteiger partial charge is 0.497 e. The number of rotatable bonds is 3. The Labute approximate surface area is 110 Å². The van der Waals surface area contributed by atoms with Crippen LogP contribution >= 0.6 is 0 Å². The van der Waals surface area contributed by atoms with Gasteiger partial charge in [-0.25, -0.2) is 4.98 Å². The fourth-order valence-corrected chi connectivity index (χ4v) is 2.11.